The Morgan fingerprint density at radius 2 is 1.88 bits per heavy atom. The number of halogens is 3. The summed E-state index contributed by atoms with van der Waals surface area (Å²) in [5.74, 6) is -0.365. The maximum atomic E-state index is 13.1. The van der Waals surface area contributed by atoms with Crippen molar-refractivity contribution in [3.8, 4) is 0 Å². The summed E-state index contributed by atoms with van der Waals surface area (Å²) in [5.41, 5.74) is 0.232. The number of carbonyl (C=O) groups excluding carboxylic acids is 1. The van der Waals surface area contributed by atoms with E-state index >= 15 is 0 Å². The van der Waals surface area contributed by atoms with E-state index in [2.05, 4.69) is 10.2 Å². The Labute approximate surface area is 145 Å². The summed E-state index contributed by atoms with van der Waals surface area (Å²) in [6.45, 7) is 1.61. The molecule has 25 heavy (non-hydrogen) atoms. The monoisotopic (exact) mass is 352 g/mol. The van der Waals surface area contributed by atoms with Gasteiger partial charge >= 0.3 is 6.18 Å². The number of benzene rings is 1. The topological polar surface area (TPSA) is 32.3 Å². The minimum atomic E-state index is -4.42. The quantitative estimate of drug-likeness (QED) is 0.777. The summed E-state index contributed by atoms with van der Waals surface area (Å²) in [7, 11) is 0. The SMILES string of the molecule is O=C(Nc1cc(C(F)(F)F)ccc1N1CCCCC1)[C@@H]1CC=CCC1. The van der Waals surface area contributed by atoms with Crippen LogP contribution in [0.1, 0.15) is 44.1 Å². The number of nitrogens with one attached hydrogen (secondary N) is 1. The molecule has 1 amide bonds. The number of alkyl halides is 3. The van der Waals surface area contributed by atoms with Gasteiger partial charge in [-0.05, 0) is 56.7 Å². The molecule has 1 aromatic rings. The number of allylic oxidation sites excluding steroid dienone is 2. The number of hydrogen-bond donors (Lipinski definition) is 1. The molecule has 6 heteroatoms. The smallest absolute Gasteiger partial charge is 0.370 e. The molecular formula is C19H23F3N2O. The molecule has 1 heterocycles. The number of piperidine rings is 1. The first-order valence-electron chi connectivity index (χ1n) is 8.87. The van der Waals surface area contributed by atoms with Crippen LogP contribution in [0.5, 0.6) is 0 Å². The Bertz CT molecular complexity index is 649. The highest BCUT2D eigenvalue weighted by molar-refractivity contribution is 5.96. The van der Waals surface area contributed by atoms with Crippen molar-refractivity contribution in [2.75, 3.05) is 23.3 Å². The Hall–Kier alpha value is -1.98. The molecule has 3 rings (SSSR count). The lowest BCUT2D eigenvalue weighted by molar-refractivity contribution is -0.137. The number of rotatable bonds is 3. The van der Waals surface area contributed by atoms with Crippen LogP contribution >= 0.6 is 0 Å². The van der Waals surface area contributed by atoms with Gasteiger partial charge in [-0.25, -0.2) is 0 Å². The molecule has 136 valence electrons. The van der Waals surface area contributed by atoms with Gasteiger partial charge in [-0.2, -0.15) is 13.2 Å². The van der Waals surface area contributed by atoms with Crippen LogP contribution in [-0.4, -0.2) is 19.0 Å². The van der Waals surface area contributed by atoms with Crippen molar-refractivity contribution in [2.24, 2.45) is 5.92 Å². The highest BCUT2D eigenvalue weighted by atomic mass is 19.4. The highest BCUT2D eigenvalue weighted by Gasteiger charge is 2.32. The van der Waals surface area contributed by atoms with Crippen LogP contribution in [0.25, 0.3) is 0 Å². The molecule has 1 aliphatic carbocycles. The molecule has 0 unspecified atom stereocenters. The van der Waals surface area contributed by atoms with E-state index in [1.54, 1.807) is 0 Å². The lowest BCUT2D eigenvalue weighted by Crippen LogP contribution is -2.31. The average molecular weight is 352 g/mol. The normalized spacial score (nSPS) is 21.2. The standard InChI is InChI=1S/C19H23F3N2O/c20-19(21,22)15-9-10-17(24-11-5-2-6-12-24)16(13-15)23-18(25)14-7-3-1-4-8-14/h1,3,9-10,13-14H,2,4-8,11-12H2,(H,23,25)/t14-/m1/s1. The second kappa shape index (κ2) is 7.50. The van der Waals surface area contributed by atoms with Crippen LogP contribution in [-0.2, 0) is 11.0 Å². The first kappa shape index (κ1) is 17.8. The number of hydrogen-bond acceptors (Lipinski definition) is 2. The molecule has 0 spiro atoms. The molecule has 1 N–H and O–H groups in total. The third-order valence-electron chi connectivity index (χ3n) is 4.92. The third-order valence-corrected chi connectivity index (χ3v) is 4.92. The van der Waals surface area contributed by atoms with Crippen LogP contribution < -0.4 is 10.2 Å². The molecule has 1 aromatic carbocycles. The molecule has 0 saturated carbocycles. The molecule has 1 fully saturated rings. The first-order chi connectivity index (χ1) is 11.9. The number of nitrogens with zero attached hydrogens (tertiary/aromatic N) is 1. The van der Waals surface area contributed by atoms with E-state index in [4.69, 9.17) is 0 Å². The Morgan fingerprint density at radius 3 is 2.52 bits per heavy atom. The minimum absolute atomic E-state index is 0.172. The van der Waals surface area contributed by atoms with Gasteiger partial charge in [0, 0.05) is 19.0 Å². The zero-order valence-electron chi connectivity index (χ0n) is 14.1. The Balaban J connectivity index is 1.87. The van der Waals surface area contributed by atoms with Gasteiger partial charge in [-0.1, -0.05) is 12.2 Å². The highest BCUT2D eigenvalue weighted by Crippen LogP contribution is 2.36. The van der Waals surface area contributed by atoms with E-state index in [0.29, 0.717) is 12.1 Å². The zero-order chi connectivity index (χ0) is 17.9. The summed E-state index contributed by atoms with van der Waals surface area (Å²) in [4.78, 5) is 14.6. The van der Waals surface area contributed by atoms with Crippen molar-refractivity contribution in [3.63, 3.8) is 0 Å². The van der Waals surface area contributed by atoms with Crippen molar-refractivity contribution in [1.82, 2.24) is 0 Å². The Morgan fingerprint density at radius 1 is 1.12 bits per heavy atom. The molecule has 1 aliphatic heterocycles. The second-order valence-electron chi connectivity index (χ2n) is 6.75. The fraction of sp³-hybridized carbons (Fsp3) is 0.526. The molecule has 0 radical (unpaired) electrons. The second-order valence-corrected chi connectivity index (χ2v) is 6.75. The number of amides is 1. The number of anilines is 2. The summed E-state index contributed by atoms with van der Waals surface area (Å²) < 4.78 is 39.3. The summed E-state index contributed by atoms with van der Waals surface area (Å²) >= 11 is 0. The van der Waals surface area contributed by atoms with Gasteiger partial charge in [0.05, 0.1) is 16.9 Å². The molecule has 3 nitrogen and oxygen atoms in total. The summed E-state index contributed by atoms with van der Waals surface area (Å²) in [5, 5.41) is 2.78. The van der Waals surface area contributed by atoms with Crippen LogP contribution in [0.3, 0.4) is 0 Å². The molecule has 0 aromatic heterocycles. The van der Waals surface area contributed by atoms with Gasteiger partial charge < -0.3 is 10.2 Å². The first-order valence-corrected chi connectivity index (χ1v) is 8.87. The maximum absolute atomic E-state index is 13.1. The molecule has 2 aliphatic rings. The van der Waals surface area contributed by atoms with E-state index < -0.39 is 11.7 Å². The lowest BCUT2D eigenvalue weighted by atomic mass is 9.93. The molecule has 0 bridgehead atoms. The average Bonchev–Trinajstić information content (AvgIpc) is 2.62. The maximum Gasteiger partial charge on any atom is 0.416 e. The molecule has 1 atom stereocenters. The van der Waals surface area contributed by atoms with Crippen molar-refractivity contribution < 1.29 is 18.0 Å². The van der Waals surface area contributed by atoms with Gasteiger partial charge in [0.2, 0.25) is 5.91 Å². The van der Waals surface area contributed by atoms with Gasteiger partial charge in [0.1, 0.15) is 0 Å². The lowest BCUT2D eigenvalue weighted by Gasteiger charge is -2.31. The fourth-order valence-electron chi connectivity index (χ4n) is 3.49. The van der Waals surface area contributed by atoms with Crippen molar-refractivity contribution in [1.29, 1.82) is 0 Å². The molecular weight excluding hydrogens is 329 g/mol. The van der Waals surface area contributed by atoms with E-state index in [-0.39, 0.29) is 17.5 Å². The zero-order valence-corrected chi connectivity index (χ0v) is 14.1. The third kappa shape index (κ3) is 4.35. The molecule has 1 saturated heterocycles. The van der Waals surface area contributed by atoms with E-state index in [0.717, 1.165) is 57.3 Å². The van der Waals surface area contributed by atoms with Crippen molar-refractivity contribution in [3.05, 3.63) is 35.9 Å². The van der Waals surface area contributed by atoms with Crippen LogP contribution in [0.2, 0.25) is 0 Å². The van der Waals surface area contributed by atoms with Crippen LogP contribution in [0, 0.1) is 5.92 Å². The van der Waals surface area contributed by atoms with E-state index in [9.17, 15) is 18.0 Å². The van der Waals surface area contributed by atoms with Gasteiger partial charge in [-0.3, -0.25) is 4.79 Å². The summed E-state index contributed by atoms with van der Waals surface area (Å²) in [6.07, 6.45) is 4.95. The predicted octanol–water partition coefficient (Wildman–Crippen LogP) is 4.99. The Kier molecular flexibility index (Phi) is 5.35. The fourth-order valence-corrected chi connectivity index (χ4v) is 3.49. The van der Waals surface area contributed by atoms with E-state index in [1.807, 2.05) is 12.2 Å². The van der Waals surface area contributed by atoms with Gasteiger partial charge in [-0.15, -0.1) is 0 Å². The number of carbonyl (C=O) groups is 1. The van der Waals surface area contributed by atoms with E-state index in [1.165, 1.54) is 6.07 Å². The predicted molar refractivity (Wildman–Crippen MR) is 92.6 cm³/mol. The van der Waals surface area contributed by atoms with Crippen molar-refractivity contribution in [2.45, 2.75) is 44.7 Å². The van der Waals surface area contributed by atoms with Crippen LogP contribution in [0.4, 0.5) is 24.5 Å². The summed E-state index contributed by atoms with van der Waals surface area (Å²) in [6, 6.07) is 3.66. The minimum Gasteiger partial charge on any atom is -0.370 e. The van der Waals surface area contributed by atoms with Crippen molar-refractivity contribution >= 4 is 17.3 Å². The van der Waals surface area contributed by atoms with Gasteiger partial charge in [0.25, 0.3) is 0 Å². The largest absolute Gasteiger partial charge is 0.416 e. The van der Waals surface area contributed by atoms with Gasteiger partial charge in [0.15, 0.2) is 0 Å². The van der Waals surface area contributed by atoms with Crippen LogP contribution in [0.15, 0.2) is 30.4 Å².